The summed E-state index contributed by atoms with van der Waals surface area (Å²) in [7, 11) is 0. The highest BCUT2D eigenvalue weighted by molar-refractivity contribution is 6.31. The number of carbonyl (C=O) groups excluding carboxylic acids is 2. The summed E-state index contributed by atoms with van der Waals surface area (Å²) in [6.45, 7) is 0.804. The minimum absolute atomic E-state index is 0.144. The van der Waals surface area contributed by atoms with Gasteiger partial charge >= 0.3 is 0 Å². The van der Waals surface area contributed by atoms with Gasteiger partial charge in [-0.05, 0) is 37.6 Å². The van der Waals surface area contributed by atoms with Crippen LogP contribution in [0, 0.1) is 0 Å². The number of nitrogens with zero attached hydrogens (tertiary/aromatic N) is 1. The third kappa shape index (κ3) is 4.19. The number of nitrogens with two attached hydrogens (primary N) is 2. The van der Waals surface area contributed by atoms with E-state index in [2.05, 4.69) is 15.6 Å². The number of guanidine groups is 1. The zero-order chi connectivity index (χ0) is 16.1. The fourth-order valence-electron chi connectivity index (χ4n) is 2.28. The lowest BCUT2D eigenvalue weighted by atomic mass is 10.0. The summed E-state index contributed by atoms with van der Waals surface area (Å²) in [5, 5.41) is 6.22. The van der Waals surface area contributed by atoms with Crippen molar-refractivity contribution in [3.8, 4) is 0 Å². The molecule has 0 radical (unpaired) electrons. The molecule has 2 rings (SSSR count). The van der Waals surface area contributed by atoms with Crippen LogP contribution in [0.3, 0.4) is 0 Å². The van der Waals surface area contributed by atoms with Crippen molar-refractivity contribution in [2.75, 3.05) is 11.9 Å². The predicted molar refractivity (Wildman–Crippen MR) is 85.9 cm³/mol. The van der Waals surface area contributed by atoms with Crippen molar-refractivity contribution in [1.29, 1.82) is 0 Å². The lowest BCUT2D eigenvalue weighted by Gasteiger charge is -2.23. The number of aliphatic imine (C=N–C) groups is 1. The molecular weight excluding hydrogens is 306 g/mol. The van der Waals surface area contributed by atoms with Crippen LogP contribution in [0.5, 0.6) is 0 Å². The van der Waals surface area contributed by atoms with Gasteiger partial charge in [-0.15, -0.1) is 0 Å². The Morgan fingerprint density at radius 3 is 2.73 bits per heavy atom. The van der Waals surface area contributed by atoms with Gasteiger partial charge < -0.3 is 22.1 Å². The van der Waals surface area contributed by atoms with Gasteiger partial charge in [-0.1, -0.05) is 18.0 Å². The number of nitrogens with one attached hydrogen (secondary N) is 2. The fourth-order valence-corrected chi connectivity index (χ4v) is 2.45. The predicted octanol–water partition coefficient (Wildman–Crippen LogP) is 0.834. The van der Waals surface area contributed by atoms with Crippen molar-refractivity contribution in [3.05, 3.63) is 28.8 Å². The molecule has 1 aromatic rings. The highest BCUT2D eigenvalue weighted by Crippen LogP contribution is 2.22. The molecule has 0 aliphatic carbocycles. The number of rotatable bonds is 3. The summed E-state index contributed by atoms with van der Waals surface area (Å²) in [5.41, 5.74) is 10.9. The molecule has 0 spiro atoms. The van der Waals surface area contributed by atoms with Crippen LogP contribution in [-0.4, -0.2) is 30.4 Å². The van der Waals surface area contributed by atoms with Crippen LogP contribution in [0.1, 0.15) is 29.6 Å². The molecule has 1 aliphatic heterocycles. The van der Waals surface area contributed by atoms with E-state index in [0.717, 1.165) is 25.8 Å². The van der Waals surface area contributed by atoms with Gasteiger partial charge in [-0.3, -0.25) is 9.59 Å². The Bertz CT molecular complexity index is 607. The van der Waals surface area contributed by atoms with Gasteiger partial charge in [-0.25, -0.2) is 0 Å². The standard InChI is InChI=1S/C14H18ClN5O2/c15-8-4-5-10(9(7-8)12(21)20-14(16)17)19-13(22)11-3-1-2-6-18-11/h4-5,7,11,18H,1-3,6H2,(H,19,22)(H4,16,17,20,21). The van der Waals surface area contributed by atoms with Crippen molar-refractivity contribution >= 4 is 35.1 Å². The van der Waals surface area contributed by atoms with Gasteiger partial charge in [-0.2, -0.15) is 4.99 Å². The number of halogens is 1. The topological polar surface area (TPSA) is 123 Å². The van der Waals surface area contributed by atoms with Gasteiger partial charge in [0, 0.05) is 5.02 Å². The molecule has 0 bridgehead atoms. The molecule has 7 nitrogen and oxygen atoms in total. The molecule has 1 fully saturated rings. The third-order valence-corrected chi connectivity index (χ3v) is 3.56. The Labute approximate surface area is 133 Å². The molecule has 1 aromatic carbocycles. The summed E-state index contributed by atoms with van der Waals surface area (Å²) in [4.78, 5) is 27.7. The second-order valence-electron chi connectivity index (χ2n) is 5.02. The van der Waals surface area contributed by atoms with Gasteiger partial charge in [0.25, 0.3) is 5.91 Å². The molecule has 1 aliphatic rings. The molecule has 118 valence electrons. The minimum Gasteiger partial charge on any atom is -0.370 e. The van der Waals surface area contributed by atoms with E-state index in [1.807, 2.05) is 0 Å². The highest BCUT2D eigenvalue weighted by atomic mass is 35.5. The molecule has 22 heavy (non-hydrogen) atoms. The Kier molecular flexibility index (Phi) is 5.35. The summed E-state index contributed by atoms with van der Waals surface area (Å²) in [5.74, 6) is -1.20. The van der Waals surface area contributed by atoms with Crippen LogP contribution in [-0.2, 0) is 4.79 Å². The van der Waals surface area contributed by atoms with E-state index < -0.39 is 5.91 Å². The van der Waals surface area contributed by atoms with E-state index in [1.54, 1.807) is 12.1 Å². The molecule has 0 aromatic heterocycles. The summed E-state index contributed by atoms with van der Waals surface area (Å²) >= 11 is 5.89. The lowest BCUT2D eigenvalue weighted by Crippen LogP contribution is -2.43. The van der Waals surface area contributed by atoms with E-state index in [9.17, 15) is 9.59 Å². The maximum atomic E-state index is 12.2. The Morgan fingerprint density at radius 1 is 1.32 bits per heavy atom. The first-order valence-electron chi connectivity index (χ1n) is 6.95. The SMILES string of the molecule is NC(N)=NC(=O)c1cc(Cl)ccc1NC(=O)C1CCCCN1. The van der Waals surface area contributed by atoms with E-state index in [-0.39, 0.29) is 23.5 Å². The smallest absolute Gasteiger partial charge is 0.282 e. The lowest BCUT2D eigenvalue weighted by molar-refractivity contribution is -0.118. The van der Waals surface area contributed by atoms with Crippen molar-refractivity contribution in [3.63, 3.8) is 0 Å². The molecule has 8 heteroatoms. The fraction of sp³-hybridized carbons (Fsp3) is 0.357. The number of benzene rings is 1. The largest absolute Gasteiger partial charge is 0.370 e. The minimum atomic E-state index is -0.658. The first-order valence-corrected chi connectivity index (χ1v) is 7.33. The Morgan fingerprint density at radius 2 is 2.09 bits per heavy atom. The van der Waals surface area contributed by atoms with E-state index in [4.69, 9.17) is 23.1 Å². The van der Waals surface area contributed by atoms with Crippen LogP contribution in [0.2, 0.25) is 5.02 Å². The summed E-state index contributed by atoms with van der Waals surface area (Å²) in [6, 6.07) is 4.28. The van der Waals surface area contributed by atoms with Crippen molar-refractivity contribution in [2.45, 2.75) is 25.3 Å². The highest BCUT2D eigenvalue weighted by Gasteiger charge is 2.22. The van der Waals surface area contributed by atoms with Crippen LogP contribution >= 0.6 is 11.6 Å². The molecule has 1 saturated heterocycles. The van der Waals surface area contributed by atoms with Gasteiger partial charge in [0.1, 0.15) is 0 Å². The number of hydrogen-bond acceptors (Lipinski definition) is 3. The van der Waals surface area contributed by atoms with Crippen molar-refractivity contribution in [2.24, 2.45) is 16.5 Å². The summed E-state index contributed by atoms with van der Waals surface area (Å²) in [6.07, 6.45) is 2.81. The van der Waals surface area contributed by atoms with Gasteiger partial charge in [0.2, 0.25) is 5.91 Å². The molecule has 1 heterocycles. The maximum Gasteiger partial charge on any atom is 0.282 e. The molecule has 1 atom stereocenters. The summed E-state index contributed by atoms with van der Waals surface area (Å²) < 4.78 is 0. The van der Waals surface area contributed by atoms with E-state index >= 15 is 0 Å². The Balaban J connectivity index is 2.21. The zero-order valence-electron chi connectivity index (χ0n) is 11.9. The number of amides is 2. The van der Waals surface area contributed by atoms with Crippen molar-refractivity contribution in [1.82, 2.24) is 5.32 Å². The number of carbonyl (C=O) groups is 2. The maximum absolute atomic E-state index is 12.2. The normalized spacial score (nSPS) is 17.6. The molecule has 0 saturated carbocycles. The monoisotopic (exact) mass is 323 g/mol. The second kappa shape index (κ2) is 7.24. The molecule has 6 N–H and O–H groups in total. The molecule has 1 unspecified atom stereocenters. The van der Waals surface area contributed by atoms with E-state index in [0.29, 0.717) is 10.7 Å². The van der Waals surface area contributed by atoms with Crippen molar-refractivity contribution < 1.29 is 9.59 Å². The first-order chi connectivity index (χ1) is 10.5. The quantitative estimate of drug-likeness (QED) is 0.485. The van der Waals surface area contributed by atoms with Crippen LogP contribution in [0.25, 0.3) is 0 Å². The number of anilines is 1. The molecule has 2 amide bonds. The van der Waals surface area contributed by atoms with E-state index in [1.165, 1.54) is 6.07 Å². The van der Waals surface area contributed by atoms with Crippen LogP contribution in [0.15, 0.2) is 23.2 Å². The average Bonchev–Trinajstić information content (AvgIpc) is 2.49. The third-order valence-electron chi connectivity index (χ3n) is 3.33. The molecular formula is C14H18ClN5O2. The van der Waals surface area contributed by atoms with Gasteiger partial charge in [0.15, 0.2) is 5.96 Å². The number of piperidine rings is 1. The zero-order valence-corrected chi connectivity index (χ0v) is 12.7. The van der Waals surface area contributed by atoms with Crippen LogP contribution < -0.4 is 22.1 Å². The average molecular weight is 324 g/mol. The second-order valence-corrected chi connectivity index (χ2v) is 5.46. The van der Waals surface area contributed by atoms with Crippen LogP contribution in [0.4, 0.5) is 5.69 Å². The van der Waals surface area contributed by atoms with Gasteiger partial charge in [0.05, 0.1) is 17.3 Å². The number of hydrogen-bond donors (Lipinski definition) is 4. The Hall–Kier alpha value is -2.12. The first kappa shape index (κ1) is 16.3.